The van der Waals surface area contributed by atoms with Crippen LogP contribution >= 0.6 is 0 Å². The van der Waals surface area contributed by atoms with Gasteiger partial charge in [0, 0.05) is 0 Å². The predicted molar refractivity (Wildman–Crippen MR) is 90.1 cm³/mol. The van der Waals surface area contributed by atoms with E-state index in [9.17, 15) is 9.90 Å². The summed E-state index contributed by atoms with van der Waals surface area (Å²) in [5.74, 6) is 0.143. The molecule has 1 heterocycles. The summed E-state index contributed by atoms with van der Waals surface area (Å²) in [5.41, 5.74) is 1.69. The van der Waals surface area contributed by atoms with E-state index in [2.05, 4.69) is 20.8 Å². The molecule has 0 unspecified atom stereocenters. The van der Waals surface area contributed by atoms with Crippen LogP contribution in [0.5, 0.6) is 0 Å². The van der Waals surface area contributed by atoms with Gasteiger partial charge in [-0.2, -0.15) is 0 Å². The first kappa shape index (κ1) is 16.6. The highest BCUT2D eigenvalue weighted by Crippen LogP contribution is 2.62. The topological polar surface area (TPSA) is 50.4 Å². The fraction of sp³-hybridized carbons (Fsp3) is 0.750. The van der Waals surface area contributed by atoms with Gasteiger partial charge in [0.05, 0.1) is 18.4 Å². The van der Waals surface area contributed by atoms with Gasteiger partial charge in [-0.3, -0.25) is 4.79 Å². The van der Waals surface area contributed by atoms with Crippen molar-refractivity contribution in [1.82, 2.24) is 0 Å². The highest BCUT2D eigenvalue weighted by Gasteiger charge is 2.55. The number of fused-ring (bicyclic) bond motifs is 1. The van der Waals surface area contributed by atoms with E-state index >= 15 is 0 Å². The minimum absolute atomic E-state index is 0.160. The number of hydrogen-bond acceptors (Lipinski definition) is 2. The number of carboxylic acids is 1. The van der Waals surface area contributed by atoms with Crippen LogP contribution in [0.4, 0.5) is 0 Å². The van der Waals surface area contributed by atoms with E-state index in [0.717, 1.165) is 25.7 Å². The minimum Gasteiger partial charge on any atom is -0.481 e. The summed E-state index contributed by atoms with van der Waals surface area (Å²) in [5, 5.41) is 9.78. The van der Waals surface area contributed by atoms with Crippen LogP contribution in [0.3, 0.4) is 0 Å². The molecule has 1 aromatic heterocycles. The Morgan fingerprint density at radius 1 is 1.30 bits per heavy atom. The third-order valence-corrected chi connectivity index (χ3v) is 7.02. The Kier molecular flexibility index (Phi) is 4.33. The maximum atomic E-state index is 11.9. The molecule has 0 bridgehead atoms. The Balaban J connectivity index is 1.86. The third-order valence-electron chi connectivity index (χ3n) is 7.02. The zero-order chi connectivity index (χ0) is 16.7. The van der Waals surface area contributed by atoms with E-state index in [1.165, 1.54) is 24.8 Å². The fourth-order valence-electron chi connectivity index (χ4n) is 5.92. The quantitative estimate of drug-likeness (QED) is 0.834. The van der Waals surface area contributed by atoms with Crippen LogP contribution in [0.25, 0.3) is 0 Å². The molecule has 3 nitrogen and oxygen atoms in total. The number of carboxylic acid groups (broad SMARTS) is 1. The van der Waals surface area contributed by atoms with Gasteiger partial charge >= 0.3 is 5.97 Å². The molecule has 4 atom stereocenters. The van der Waals surface area contributed by atoms with Crippen molar-refractivity contribution < 1.29 is 14.3 Å². The van der Waals surface area contributed by atoms with Crippen LogP contribution in [-0.4, -0.2) is 11.1 Å². The first-order valence-electron chi connectivity index (χ1n) is 9.08. The summed E-state index contributed by atoms with van der Waals surface area (Å²) in [6, 6.07) is 2.00. The molecule has 2 saturated carbocycles. The number of hydrogen-bond donors (Lipinski definition) is 1. The maximum Gasteiger partial charge on any atom is 0.306 e. The molecular formula is C20H30O3. The summed E-state index contributed by atoms with van der Waals surface area (Å²) >= 11 is 0. The predicted octanol–water partition coefficient (Wildman–Crippen LogP) is 5.16. The first-order chi connectivity index (χ1) is 10.8. The van der Waals surface area contributed by atoms with E-state index in [0.29, 0.717) is 11.3 Å². The van der Waals surface area contributed by atoms with Crippen molar-refractivity contribution in [3.63, 3.8) is 0 Å². The normalized spacial score (nSPS) is 36.4. The monoisotopic (exact) mass is 318 g/mol. The molecule has 3 heteroatoms. The lowest BCUT2D eigenvalue weighted by molar-refractivity contribution is -0.158. The molecule has 2 aliphatic rings. The Labute approximate surface area is 139 Å². The van der Waals surface area contributed by atoms with Crippen LogP contribution in [-0.2, 0) is 11.2 Å². The van der Waals surface area contributed by atoms with Crippen molar-refractivity contribution in [3.8, 4) is 0 Å². The molecular weight excluding hydrogens is 288 g/mol. The SMILES string of the molecule is CC1(C)CCC[C@]2(C)[C@@H](CCc3ccoc3)[C@@H](C(=O)O)CC[C@@H]12. The Morgan fingerprint density at radius 2 is 2.09 bits per heavy atom. The summed E-state index contributed by atoms with van der Waals surface area (Å²) < 4.78 is 5.18. The molecule has 1 aromatic rings. The Hall–Kier alpha value is -1.25. The van der Waals surface area contributed by atoms with Gasteiger partial charge in [-0.25, -0.2) is 0 Å². The second-order valence-electron chi connectivity index (χ2n) is 8.70. The molecule has 23 heavy (non-hydrogen) atoms. The van der Waals surface area contributed by atoms with Gasteiger partial charge in [0.25, 0.3) is 0 Å². The van der Waals surface area contributed by atoms with Crippen LogP contribution in [0.1, 0.15) is 64.9 Å². The first-order valence-corrected chi connectivity index (χ1v) is 9.08. The van der Waals surface area contributed by atoms with Gasteiger partial charge in [0.15, 0.2) is 0 Å². The molecule has 1 N–H and O–H groups in total. The zero-order valence-electron chi connectivity index (χ0n) is 14.7. The number of carbonyl (C=O) groups is 1. The standard InChI is InChI=1S/C20H30O3/c1-19(2)10-4-11-20(3)16(7-5-14-9-12-23-13-14)15(18(21)22)6-8-17(19)20/h9,12-13,15-17H,4-8,10-11H2,1-3H3,(H,21,22)/t15-,16-,17-,20+/m0/s1. The lowest BCUT2D eigenvalue weighted by atomic mass is 9.46. The van der Waals surface area contributed by atoms with E-state index in [4.69, 9.17) is 4.42 Å². The summed E-state index contributed by atoms with van der Waals surface area (Å²) in [6.07, 6.45) is 11.0. The molecule has 0 amide bonds. The molecule has 2 fully saturated rings. The van der Waals surface area contributed by atoms with Crippen molar-refractivity contribution in [2.45, 2.75) is 65.7 Å². The maximum absolute atomic E-state index is 11.9. The van der Waals surface area contributed by atoms with Crippen molar-refractivity contribution in [2.75, 3.05) is 0 Å². The number of aliphatic carboxylic acids is 1. The van der Waals surface area contributed by atoms with Crippen LogP contribution < -0.4 is 0 Å². The second kappa shape index (κ2) is 5.99. The lowest BCUT2D eigenvalue weighted by Crippen LogP contribution is -2.53. The summed E-state index contributed by atoms with van der Waals surface area (Å²) in [6.45, 7) is 7.17. The molecule has 2 aliphatic carbocycles. The number of aryl methyl sites for hydroxylation is 1. The molecule has 3 rings (SSSR count). The van der Waals surface area contributed by atoms with Gasteiger partial charge in [0.1, 0.15) is 0 Å². The average Bonchev–Trinajstić information content (AvgIpc) is 2.97. The van der Waals surface area contributed by atoms with Gasteiger partial charge in [-0.15, -0.1) is 0 Å². The van der Waals surface area contributed by atoms with Crippen molar-refractivity contribution >= 4 is 5.97 Å². The second-order valence-corrected chi connectivity index (χ2v) is 8.70. The van der Waals surface area contributed by atoms with E-state index in [-0.39, 0.29) is 17.3 Å². The largest absolute Gasteiger partial charge is 0.481 e. The van der Waals surface area contributed by atoms with Gasteiger partial charge < -0.3 is 9.52 Å². The third kappa shape index (κ3) is 2.95. The highest BCUT2D eigenvalue weighted by molar-refractivity contribution is 5.70. The minimum atomic E-state index is -0.592. The van der Waals surface area contributed by atoms with Crippen molar-refractivity contribution in [2.24, 2.45) is 28.6 Å². The molecule has 0 aromatic carbocycles. The molecule has 0 saturated heterocycles. The molecule has 0 radical (unpaired) electrons. The Morgan fingerprint density at radius 3 is 2.74 bits per heavy atom. The zero-order valence-corrected chi connectivity index (χ0v) is 14.7. The lowest BCUT2D eigenvalue weighted by Gasteiger charge is -2.59. The van der Waals surface area contributed by atoms with E-state index < -0.39 is 5.97 Å². The van der Waals surface area contributed by atoms with Crippen LogP contribution in [0.15, 0.2) is 23.0 Å². The highest BCUT2D eigenvalue weighted by atomic mass is 16.4. The van der Waals surface area contributed by atoms with Crippen LogP contribution in [0.2, 0.25) is 0 Å². The average molecular weight is 318 g/mol. The Bertz CT molecular complexity index is 545. The fourth-order valence-corrected chi connectivity index (χ4v) is 5.92. The molecule has 128 valence electrons. The van der Waals surface area contributed by atoms with E-state index in [1.54, 1.807) is 12.5 Å². The summed E-state index contributed by atoms with van der Waals surface area (Å²) in [4.78, 5) is 11.9. The van der Waals surface area contributed by atoms with Gasteiger partial charge in [0.2, 0.25) is 0 Å². The van der Waals surface area contributed by atoms with Gasteiger partial charge in [-0.1, -0.05) is 27.2 Å². The molecule has 0 aliphatic heterocycles. The van der Waals surface area contributed by atoms with Crippen molar-refractivity contribution in [3.05, 3.63) is 24.2 Å². The smallest absolute Gasteiger partial charge is 0.306 e. The molecule has 0 spiro atoms. The summed E-state index contributed by atoms with van der Waals surface area (Å²) in [7, 11) is 0. The van der Waals surface area contributed by atoms with Crippen molar-refractivity contribution in [1.29, 1.82) is 0 Å². The number of rotatable bonds is 4. The van der Waals surface area contributed by atoms with Gasteiger partial charge in [-0.05, 0) is 72.8 Å². The van der Waals surface area contributed by atoms with E-state index in [1.807, 2.05) is 6.07 Å². The van der Waals surface area contributed by atoms with Crippen LogP contribution in [0, 0.1) is 28.6 Å². The number of furan rings is 1.